The van der Waals surface area contributed by atoms with Crippen molar-refractivity contribution in [3.63, 3.8) is 0 Å². The zero-order valence-corrected chi connectivity index (χ0v) is 24.4. The molecule has 0 aliphatic carbocycles. The average molecular weight is 604 g/mol. The second-order valence-corrected chi connectivity index (χ2v) is 10.0. The average Bonchev–Trinajstić information content (AvgIpc) is 3.06. The van der Waals surface area contributed by atoms with Crippen LogP contribution in [0.5, 0.6) is 0 Å². The zero-order chi connectivity index (χ0) is 31.4. The van der Waals surface area contributed by atoms with Crippen LogP contribution in [0.3, 0.4) is 0 Å². The third-order valence-corrected chi connectivity index (χ3v) is 6.82. The third kappa shape index (κ3) is 8.48. The SMILES string of the molecule is O=C(CNC(=O)c1ccccc1)NC(=O)Nc1ccc(NCCNC(=O)Nc2ccccc2)c(N2CC=Cc3ccccc32)c1. The number of nitrogens with one attached hydrogen (secondary N) is 6. The predicted octanol–water partition coefficient (Wildman–Crippen LogP) is 5.16. The first-order valence-electron chi connectivity index (χ1n) is 14.4. The molecule has 228 valence electrons. The summed E-state index contributed by atoms with van der Waals surface area (Å²) in [5, 5.41) is 16.5. The van der Waals surface area contributed by atoms with Gasteiger partial charge in [-0.1, -0.05) is 66.7 Å². The van der Waals surface area contributed by atoms with E-state index < -0.39 is 17.8 Å². The predicted molar refractivity (Wildman–Crippen MR) is 177 cm³/mol. The third-order valence-electron chi connectivity index (χ3n) is 6.82. The maximum absolute atomic E-state index is 12.7. The van der Waals surface area contributed by atoms with Crippen LogP contribution in [0.25, 0.3) is 6.08 Å². The molecule has 4 aromatic rings. The Morgan fingerprint density at radius 3 is 2.18 bits per heavy atom. The Kier molecular flexibility index (Phi) is 10.0. The smallest absolute Gasteiger partial charge is 0.325 e. The minimum atomic E-state index is -0.729. The number of para-hydroxylation sites is 2. The van der Waals surface area contributed by atoms with Gasteiger partial charge in [0, 0.05) is 42.3 Å². The van der Waals surface area contributed by atoms with Crippen LogP contribution in [0.15, 0.2) is 109 Å². The monoisotopic (exact) mass is 603 g/mol. The molecule has 4 aromatic carbocycles. The highest BCUT2D eigenvalue weighted by Gasteiger charge is 2.19. The van der Waals surface area contributed by atoms with E-state index in [1.807, 2.05) is 66.7 Å². The van der Waals surface area contributed by atoms with Crippen molar-refractivity contribution in [1.82, 2.24) is 16.0 Å². The lowest BCUT2D eigenvalue weighted by Crippen LogP contribution is -2.41. The van der Waals surface area contributed by atoms with Gasteiger partial charge < -0.3 is 31.5 Å². The minimum absolute atomic E-state index is 0.307. The van der Waals surface area contributed by atoms with Gasteiger partial charge in [0.05, 0.1) is 17.9 Å². The number of nitrogens with zero attached hydrogens (tertiary/aromatic N) is 1. The molecule has 5 rings (SSSR count). The van der Waals surface area contributed by atoms with Crippen molar-refractivity contribution in [3.05, 3.63) is 120 Å². The second kappa shape index (κ2) is 14.9. The summed E-state index contributed by atoms with van der Waals surface area (Å²) < 4.78 is 0. The molecular weight excluding hydrogens is 570 g/mol. The molecule has 6 N–H and O–H groups in total. The first-order valence-corrected chi connectivity index (χ1v) is 14.4. The van der Waals surface area contributed by atoms with Gasteiger partial charge in [-0.2, -0.15) is 0 Å². The number of hydrogen-bond donors (Lipinski definition) is 6. The Morgan fingerprint density at radius 2 is 1.38 bits per heavy atom. The maximum Gasteiger partial charge on any atom is 0.325 e. The standard InChI is InChI=1S/C34H33N7O4/c42-31(23-37-32(43)25-11-3-1-4-12-25)40-34(45)39-27-17-18-28(35-19-20-36-33(44)38-26-14-5-2-6-15-26)30(22-27)41-21-9-13-24-10-7-8-16-29(24)41/h1-18,22,35H,19-21,23H2,(H,37,43)(H2,36,38,44)(H2,39,40,42,45). The Labute approximate surface area is 260 Å². The van der Waals surface area contributed by atoms with Crippen LogP contribution in [0.4, 0.5) is 38.0 Å². The van der Waals surface area contributed by atoms with Crippen molar-refractivity contribution in [2.45, 2.75) is 0 Å². The molecule has 0 fully saturated rings. The number of rotatable bonds is 10. The van der Waals surface area contributed by atoms with Crippen molar-refractivity contribution in [3.8, 4) is 0 Å². The Balaban J connectivity index is 1.22. The lowest BCUT2D eigenvalue weighted by molar-refractivity contribution is -0.119. The lowest BCUT2D eigenvalue weighted by atomic mass is 10.1. The van der Waals surface area contributed by atoms with Gasteiger partial charge in [-0.05, 0) is 54.1 Å². The molecule has 0 aromatic heterocycles. The fraction of sp³-hybridized carbons (Fsp3) is 0.118. The van der Waals surface area contributed by atoms with Gasteiger partial charge in [-0.25, -0.2) is 9.59 Å². The van der Waals surface area contributed by atoms with Crippen LogP contribution in [0.2, 0.25) is 0 Å². The van der Waals surface area contributed by atoms with Gasteiger partial charge in [0.2, 0.25) is 5.91 Å². The van der Waals surface area contributed by atoms with Crippen molar-refractivity contribution in [2.24, 2.45) is 0 Å². The highest BCUT2D eigenvalue weighted by molar-refractivity contribution is 6.04. The van der Waals surface area contributed by atoms with Crippen LogP contribution < -0.4 is 36.8 Å². The Morgan fingerprint density at radius 1 is 0.667 bits per heavy atom. The Hall–Kier alpha value is -6.10. The van der Waals surface area contributed by atoms with Gasteiger partial charge in [0.25, 0.3) is 5.91 Å². The Bertz CT molecular complexity index is 1690. The van der Waals surface area contributed by atoms with Crippen molar-refractivity contribution >= 4 is 58.4 Å². The zero-order valence-electron chi connectivity index (χ0n) is 24.4. The van der Waals surface area contributed by atoms with Gasteiger partial charge >= 0.3 is 12.1 Å². The summed E-state index contributed by atoms with van der Waals surface area (Å²) in [5.74, 6) is -1.07. The molecule has 0 unspecified atom stereocenters. The topological polar surface area (TPSA) is 144 Å². The lowest BCUT2D eigenvalue weighted by Gasteiger charge is -2.30. The van der Waals surface area contributed by atoms with Gasteiger partial charge in [0.1, 0.15) is 0 Å². The molecule has 0 saturated heterocycles. The van der Waals surface area contributed by atoms with E-state index in [1.54, 1.807) is 36.4 Å². The van der Waals surface area contributed by atoms with E-state index in [1.165, 1.54) is 0 Å². The summed E-state index contributed by atoms with van der Waals surface area (Å²) >= 11 is 0. The summed E-state index contributed by atoms with van der Waals surface area (Å²) in [5.41, 5.74) is 5.20. The largest absolute Gasteiger partial charge is 0.382 e. The van der Waals surface area contributed by atoms with E-state index in [4.69, 9.17) is 0 Å². The van der Waals surface area contributed by atoms with Crippen LogP contribution in [-0.4, -0.2) is 50.1 Å². The van der Waals surface area contributed by atoms with Crippen molar-refractivity contribution < 1.29 is 19.2 Å². The normalized spacial score (nSPS) is 11.5. The first-order chi connectivity index (χ1) is 22.0. The van der Waals surface area contributed by atoms with Gasteiger partial charge in [0.15, 0.2) is 0 Å². The van der Waals surface area contributed by atoms with Crippen LogP contribution in [0, 0.1) is 0 Å². The number of imide groups is 1. The number of fused-ring (bicyclic) bond motifs is 1. The molecular formula is C34H33N7O4. The fourth-order valence-corrected chi connectivity index (χ4v) is 4.72. The molecule has 1 aliphatic rings. The first kappa shape index (κ1) is 30.4. The molecule has 1 heterocycles. The molecule has 0 spiro atoms. The molecule has 11 heteroatoms. The molecule has 0 saturated carbocycles. The molecule has 6 amide bonds. The summed E-state index contributed by atoms with van der Waals surface area (Å²) in [6.45, 7) is 1.04. The summed E-state index contributed by atoms with van der Waals surface area (Å²) in [6.07, 6.45) is 4.11. The number of carbonyl (C=O) groups excluding carboxylic acids is 4. The molecule has 0 atom stereocenters. The molecule has 0 bridgehead atoms. The van der Waals surface area contributed by atoms with Crippen LogP contribution in [-0.2, 0) is 4.79 Å². The molecule has 1 aliphatic heterocycles. The number of benzene rings is 4. The van der Waals surface area contributed by atoms with E-state index in [0.29, 0.717) is 36.6 Å². The van der Waals surface area contributed by atoms with E-state index >= 15 is 0 Å². The molecule has 11 nitrogen and oxygen atoms in total. The number of hydrogen-bond acceptors (Lipinski definition) is 6. The van der Waals surface area contributed by atoms with E-state index in [2.05, 4.69) is 49.0 Å². The number of amides is 6. The van der Waals surface area contributed by atoms with Crippen molar-refractivity contribution in [1.29, 1.82) is 0 Å². The van der Waals surface area contributed by atoms with E-state index in [-0.39, 0.29) is 12.6 Å². The highest BCUT2D eigenvalue weighted by atomic mass is 16.2. The fourth-order valence-electron chi connectivity index (χ4n) is 4.72. The van der Waals surface area contributed by atoms with Gasteiger partial charge in [-0.15, -0.1) is 0 Å². The summed E-state index contributed by atoms with van der Waals surface area (Å²) in [4.78, 5) is 51.6. The van der Waals surface area contributed by atoms with Crippen LogP contribution >= 0.6 is 0 Å². The van der Waals surface area contributed by atoms with E-state index in [9.17, 15) is 19.2 Å². The second-order valence-electron chi connectivity index (χ2n) is 10.0. The van der Waals surface area contributed by atoms with Gasteiger partial charge in [-0.3, -0.25) is 14.9 Å². The minimum Gasteiger partial charge on any atom is -0.382 e. The maximum atomic E-state index is 12.7. The summed E-state index contributed by atoms with van der Waals surface area (Å²) in [7, 11) is 0. The highest BCUT2D eigenvalue weighted by Crippen LogP contribution is 2.38. The van der Waals surface area contributed by atoms with E-state index in [0.717, 1.165) is 22.6 Å². The quantitative estimate of drug-likeness (QED) is 0.138. The van der Waals surface area contributed by atoms with Crippen molar-refractivity contribution in [2.75, 3.05) is 47.0 Å². The summed E-state index contributed by atoms with van der Waals surface area (Å²) in [6, 6.07) is 30.0. The number of urea groups is 2. The molecule has 45 heavy (non-hydrogen) atoms. The van der Waals surface area contributed by atoms with Crippen LogP contribution in [0.1, 0.15) is 15.9 Å². The molecule has 0 radical (unpaired) electrons. The number of anilines is 5. The number of carbonyl (C=O) groups is 4.